The van der Waals surface area contributed by atoms with Crippen molar-refractivity contribution in [3.8, 4) is 0 Å². The SMILES string of the molecule is Cc1ncc([N+](=O)[O-])n1CCN1CCOC(CN)C1. The number of ether oxygens (including phenoxy) is 1. The molecule has 19 heavy (non-hydrogen) atoms. The zero-order valence-corrected chi connectivity index (χ0v) is 11.0. The van der Waals surface area contributed by atoms with Crippen LogP contribution in [0.15, 0.2) is 6.20 Å². The van der Waals surface area contributed by atoms with E-state index in [1.54, 1.807) is 11.5 Å². The molecular formula is C11H19N5O3. The van der Waals surface area contributed by atoms with Crippen LogP contribution < -0.4 is 5.73 Å². The van der Waals surface area contributed by atoms with Gasteiger partial charge in [0.05, 0.1) is 12.7 Å². The Hall–Kier alpha value is -1.51. The predicted molar refractivity (Wildman–Crippen MR) is 68.9 cm³/mol. The van der Waals surface area contributed by atoms with Crippen LogP contribution in [0.25, 0.3) is 0 Å². The van der Waals surface area contributed by atoms with Gasteiger partial charge in [-0.25, -0.2) is 9.55 Å². The molecule has 8 nitrogen and oxygen atoms in total. The quantitative estimate of drug-likeness (QED) is 0.585. The molecule has 0 radical (unpaired) electrons. The molecule has 2 rings (SSSR count). The lowest BCUT2D eigenvalue weighted by molar-refractivity contribution is -0.392. The Balaban J connectivity index is 1.95. The van der Waals surface area contributed by atoms with Crippen LogP contribution in [0, 0.1) is 17.0 Å². The summed E-state index contributed by atoms with van der Waals surface area (Å²) in [4.78, 5) is 16.7. The lowest BCUT2D eigenvalue weighted by Gasteiger charge is -2.31. The first kappa shape index (κ1) is 13.9. The standard InChI is InChI=1S/C11H19N5O3/c1-9-13-7-11(16(17)18)15(9)3-2-14-4-5-19-10(6-12)8-14/h7,10H,2-6,8,12H2,1H3. The van der Waals surface area contributed by atoms with Crippen LogP contribution in [0.2, 0.25) is 0 Å². The lowest BCUT2D eigenvalue weighted by Crippen LogP contribution is -2.46. The maximum atomic E-state index is 10.9. The van der Waals surface area contributed by atoms with E-state index in [2.05, 4.69) is 9.88 Å². The summed E-state index contributed by atoms with van der Waals surface area (Å²) >= 11 is 0. The minimum Gasteiger partial charge on any atom is -0.374 e. The summed E-state index contributed by atoms with van der Waals surface area (Å²) in [6.45, 7) is 5.83. The van der Waals surface area contributed by atoms with Crippen molar-refractivity contribution in [3.05, 3.63) is 22.1 Å². The van der Waals surface area contributed by atoms with Crippen molar-refractivity contribution in [1.82, 2.24) is 14.5 Å². The summed E-state index contributed by atoms with van der Waals surface area (Å²) in [5, 5.41) is 10.9. The molecule has 0 aromatic carbocycles. The molecule has 0 amide bonds. The highest BCUT2D eigenvalue weighted by Gasteiger charge is 2.22. The van der Waals surface area contributed by atoms with Crippen LogP contribution in [-0.2, 0) is 11.3 Å². The van der Waals surface area contributed by atoms with Crippen LogP contribution in [0.1, 0.15) is 5.82 Å². The first-order valence-electron chi connectivity index (χ1n) is 6.32. The Labute approximate surface area is 111 Å². The van der Waals surface area contributed by atoms with Crippen molar-refractivity contribution in [2.24, 2.45) is 5.73 Å². The molecule has 1 fully saturated rings. The van der Waals surface area contributed by atoms with E-state index in [1.807, 2.05) is 0 Å². The average Bonchev–Trinajstić information content (AvgIpc) is 2.78. The number of rotatable bonds is 5. The van der Waals surface area contributed by atoms with E-state index in [4.69, 9.17) is 10.5 Å². The van der Waals surface area contributed by atoms with Crippen LogP contribution >= 0.6 is 0 Å². The minimum atomic E-state index is -0.401. The summed E-state index contributed by atoms with van der Waals surface area (Å²) in [5.41, 5.74) is 5.59. The van der Waals surface area contributed by atoms with E-state index in [0.717, 1.165) is 19.6 Å². The zero-order chi connectivity index (χ0) is 13.8. The number of hydrogen-bond donors (Lipinski definition) is 1. The molecular weight excluding hydrogens is 250 g/mol. The van der Waals surface area contributed by atoms with Gasteiger partial charge in [-0.3, -0.25) is 4.90 Å². The second kappa shape index (κ2) is 6.09. The summed E-state index contributed by atoms with van der Waals surface area (Å²) in [6.07, 6.45) is 1.37. The van der Waals surface area contributed by atoms with Gasteiger partial charge in [0.15, 0.2) is 5.82 Å². The number of aryl methyl sites for hydroxylation is 1. The maximum Gasteiger partial charge on any atom is 0.342 e. The van der Waals surface area contributed by atoms with Crippen molar-refractivity contribution >= 4 is 5.82 Å². The molecule has 2 heterocycles. The molecule has 0 spiro atoms. The van der Waals surface area contributed by atoms with Gasteiger partial charge in [0, 0.05) is 33.1 Å². The number of nitrogens with zero attached hydrogens (tertiary/aromatic N) is 4. The molecule has 8 heteroatoms. The normalized spacial score (nSPS) is 20.6. The van der Waals surface area contributed by atoms with Gasteiger partial charge in [-0.05, 0) is 4.92 Å². The molecule has 1 atom stereocenters. The van der Waals surface area contributed by atoms with E-state index < -0.39 is 4.92 Å². The molecule has 1 aromatic rings. The fourth-order valence-corrected chi connectivity index (χ4v) is 2.25. The van der Waals surface area contributed by atoms with Crippen molar-refractivity contribution < 1.29 is 9.66 Å². The predicted octanol–water partition coefficient (Wildman–Crippen LogP) is -0.241. The summed E-state index contributed by atoms with van der Waals surface area (Å²) in [7, 11) is 0. The highest BCUT2D eigenvalue weighted by molar-refractivity contribution is 5.18. The smallest absolute Gasteiger partial charge is 0.342 e. The molecule has 1 aliphatic rings. The number of hydrogen-bond acceptors (Lipinski definition) is 6. The maximum absolute atomic E-state index is 10.9. The molecule has 1 saturated heterocycles. The molecule has 106 valence electrons. The largest absolute Gasteiger partial charge is 0.374 e. The Morgan fingerprint density at radius 2 is 2.42 bits per heavy atom. The van der Waals surface area contributed by atoms with Crippen molar-refractivity contribution in [2.45, 2.75) is 19.6 Å². The van der Waals surface area contributed by atoms with Gasteiger partial charge in [-0.1, -0.05) is 0 Å². The van der Waals surface area contributed by atoms with Gasteiger partial charge >= 0.3 is 5.82 Å². The molecule has 0 aliphatic carbocycles. The fourth-order valence-electron chi connectivity index (χ4n) is 2.25. The molecule has 1 aliphatic heterocycles. The Bertz CT molecular complexity index is 448. The molecule has 2 N–H and O–H groups in total. The van der Waals surface area contributed by atoms with Crippen LogP contribution in [-0.4, -0.2) is 58.3 Å². The van der Waals surface area contributed by atoms with Crippen molar-refractivity contribution in [1.29, 1.82) is 0 Å². The Morgan fingerprint density at radius 1 is 1.63 bits per heavy atom. The van der Waals surface area contributed by atoms with Crippen LogP contribution in [0.3, 0.4) is 0 Å². The average molecular weight is 269 g/mol. The Kier molecular flexibility index (Phi) is 4.46. The first-order chi connectivity index (χ1) is 9.11. The highest BCUT2D eigenvalue weighted by atomic mass is 16.6. The number of imidazole rings is 1. The number of morpholine rings is 1. The van der Waals surface area contributed by atoms with Gasteiger partial charge in [-0.2, -0.15) is 0 Å². The van der Waals surface area contributed by atoms with Gasteiger partial charge in [0.2, 0.25) is 0 Å². The van der Waals surface area contributed by atoms with Gasteiger partial charge in [0.1, 0.15) is 12.7 Å². The topological polar surface area (TPSA) is 99.5 Å². The van der Waals surface area contributed by atoms with E-state index in [-0.39, 0.29) is 11.9 Å². The van der Waals surface area contributed by atoms with E-state index >= 15 is 0 Å². The third-order valence-corrected chi connectivity index (χ3v) is 3.35. The van der Waals surface area contributed by atoms with E-state index in [1.165, 1.54) is 6.20 Å². The molecule has 0 saturated carbocycles. The molecule has 1 aromatic heterocycles. The highest BCUT2D eigenvalue weighted by Crippen LogP contribution is 2.14. The Morgan fingerprint density at radius 3 is 3.11 bits per heavy atom. The van der Waals surface area contributed by atoms with Crippen LogP contribution in [0.5, 0.6) is 0 Å². The van der Waals surface area contributed by atoms with Crippen molar-refractivity contribution in [3.63, 3.8) is 0 Å². The van der Waals surface area contributed by atoms with Crippen molar-refractivity contribution in [2.75, 3.05) is 32.8 Å². The molecule has 0 bridgehead atoms. The fraction of sp³-hybridized carbons (Fsp3) is 0.727. The summed E-state index contributed by atoms with van der Waals surface area (Å²) < 4.78 is 7.12. The third kappa shape index (κ3) is 3.28. The number of nitro groups is 1. The first-order valence-corrected chi connectivity index (χ1v) is 6.32. The van der Waals surface area contributed by atoms with Gasteiger partial charge in [0.25, 0.3) is 0 Å². The lowest BCUT2D eigenvalue weighted by atomic mass is 10.2. The summed E-state index contributed by atoms with van der Waals surface area (Å²) in [6, 6.07) is 0. The second-order valence-electron chi connectivity index (χ2n) is 4.60. The van der Waals surface area contributed by atoms with Gasteiger partial charge in [-0.15, -0.1) is 0 Å². The zero-order valence-electron chi connectivity index (χ0n) is 11.0. The molecule has 1 unspecified atom stereocenters. The number of nitrogens with two attached hydrogens (primary N) is 1. The van der Waals surface area contributed by atoms with Gasteiger partial charge < -0.3 is 20.6 Å². The van der Waals surface area contributed by atoms with E-state index in [9.17, 15) is 10.1 Å². The second-order valence-corrected chi connectivity index (χ2v) is 4.60. The third-order valence-electron chi connectivity index (χ3n) is 3.35. The summed E-state index contributed by atoms with van der Waals surface area (Å²) in [5.74, 6) is 0.705. The van der Waals surface area contributed by atoms with E-state index in [0.29, 0.717) is 25.5 Å². The minimum absolute atomic E-state index is 0.0427. The monoisotopic (exact) mass is 269 g/mol. The van der Waals surface area contributed by atoms with Crippen LogP contribution in [0.4, 0.5) is 5.82 Å². The number of aromatic nitrogens is 2.